The SMILES string of the molecule is Cc1ccc(N=Nc2ccc(N=Nc3c(C(=O)O)cc(O)c(N=Nc4ccc(N=Nc5ccc(S(=O)(=O)CCOS(=O)(=O)O)cc5)c5ccc(S(=O)(=O)O)cc45)c3O)cc2NC(N)=O)cc1. The number of carboxylic acids is 1. The lowest BCUT2D eigenvalue weighted by Gasteiger charge is -2.09. The molecule has 66 heavy (non-hydrogen) atoms. The van der Waals surface area contributed by atoms with Gasteiger partial charge in [0.1, 0.15) is 17.1 Å². The molecule has 0 aliphatic rings. The zero-order valence-electron chi connectivity index (χ0n) is 33.5. The maximum absolute atomic E-state index is 12.5. The smallest absolute Gasteiger partial charge is 0.397 e. The largest absolute Gasteiger partial charge is 0.505 e. The molecule has 6 rings (SSSR count). The third kappa shape index (κ3) is 12.0. The number of phenolic OH excluding ortho intramolecular Hbond substituents is 2. The number of nitrogens with two attached hydrogens (primary N) is 1. The normalized spacial score (nSPS) is 12.5. The summed E-state index contributed by atoms with van der Waals surface area (Å²) in [5.74, 6) is -4.28. The molecule has 0 heterocycles. The first-order valence-electron chi connectivity index (χ1n) is 18.3. The Balaban J connectivity index is 1.33. The minimum absolute atomic E-state index is 0.00497. The van der Waals surface area contributed by atoms with E-state index in [1.54, 1.807) is 12.1 Å². The summed E-state index contributed by atoms with van der Waals surface area (Å²) in [6.07, 6.45) is 0. The van der Waals surface area contributed by atoms with Gasteiger partial charge in [0, 0.05) is 10.8 Å². The van der Waals surface area contributed by atoms with Gasteiger partial charge in [0.15, 0.2) is 21.3 Å². The summed E-state index contributed by atoms with van der Waals surface area (Å²) in [5, 5.41) is 66.9. The molecule has 0 aromatic heterocycles. The highest BCUT2D eigenvalue weighted by Gasteiger charge is 2.23. The number of primary amides is 1. The van der Waals surface area contributed by atoms with E-state index in [9.17, 15) is 54.7 Å². The van der Waals surface area contributed by atoms with Crippen molar-refractivity contribution >= 4 is 104 Å². The molecular formula is C39H32N10O14S3. The van der Waals surface area contributed by atoms with Crippen LogP contribution in [0.2, 0.25) is 0 Å². The average Bonchev–Trinajstić information content (AvgIpc) is 3.24. The number of azo groups is 4. The van der Waals surface area contributed by atoms with Gasteiger partial charge >= 0.3 is 22.4 Å². The van der Waals surface area contributed by atoms with Crippen LogP contribution in [0, 0.1) is 6.92 Å². The van der Waals surface area contributed by atoms with Crippen LogP contribution in [0.15, 0.2) is 154 Å². The lowest BCUT2D eigenvalue weighted by atomic mass is 10.1. The molecule has 0 radical (unpaired) electrons. The zero-order valence-corrected chi connectivity index (χ0v) is 36.0. The van der Waals surface area contributed by atoms with Crippen LogP contribution < -0.4 is 11.1 Å². The van der Waals surface area contributed by atoms with Gasteiger partial charge in [-0.15, -0.1) is 25.6 Å². The van der Waals surface area contributed by atoms with Crippen LogP contribution in [0.3, 0.4) is 0 Å². The fourth-order valence-electron chi connectivity index (χ4n) is 5.67. The number of fused-ring (bicyclic) bond motifs is 1. The Kier molecular flexibility index (Phi) is 14.0. The number of nitrogens with one attached hydrogen (secondary N) is 1. The van der Waals surface area contributed by atoms with Gasteiger partial charge in [-0.25, -0.2) is 22.2 Å². The number of carboxylic acid groups (broad SMARTS) is 1. The van der Waals surface area contributed by atoms with Crippen LogP contribution in [0.1, 0.15) is 15.9 Å². The quantitative estimate of drug-likeness (QED) is 0.0351. The number of carbonyl (C=O) groups is 2. The summed E-state index contributed by atoms with van der Waals surface area (Å²) in [6.45, 7) is 1.06. The third-order valence-corrected chi connectivity index (χ3v) is 11.8. The predicted molar refractivity (Wildman–Crippen MR) is 234 cm³/mol. The molecule has 340 valence electrons. The minimum atomic E-state index is -4.85. The Hall–Kier alpha value is -7.95. The van der Waals surface area contributed by atoms with Crippen molar-refractivity contribution in [3.05, 3.63) is 114 Å². The lowest BCUT2D eigenvalue weighted by Crippen LogP contribution is -2.19. The van der Waals surface area contributed by atoms with Crippen LogP contribution in [0.25, 0.3) is 10.8 Å². The summed E-state index contributed by atoms with van der Waals surface area (Å²) in [7, 11) is -13.7. The molecule has 0 fully saturated rings. The highest BCUT2D eigenvalue weighted by atomic mass is 32.3. The minimum Gasteiger partial charge on any atom is -0.505 e. The van der Waals surface area contributed by atoms with E-state index >= 15 is 0 Å². The number of phenols is 2. The van der Waals surface area contributed by atoms with Crippen LogP contribution in [-0.4, -0.2) is 74.0 Å². The lowest BCUT2D eigenvalue weighted by molar-refractivity contribution is 0.0696. The Morgan fingerprint density at radius 3 is 1.76 bits per heavy atom. The first-order chi connectivity index (χ1) is 31.1. The number of hydrogen-bond acceptors (Lipinski definition) is 19. The van der Waals surface area contributed by atoms with E-state index < -0.39 is 88.0 Å². The van der Waals surface area contributed by atoms with Crippen molar-refractivity contribution in [3.8, 4) is 11.5 Å². The van der Waals surface area contributed by atoms with E-state index in [2.05, 4.69) is 50.4 Å². The van der Waals surface area contributed by atoms with Crippen LogP contribution in [-0.2, 0) is 34.5 Å². The Labute approximate surface area is 373 Å². The monoisotopic (exact) mass is 960 g/mol. The van der Waals surface area contributed by atoms with Crippen LogP contribution in [0.5, 0.6) is 11.5 Å². The number of hydrogen-bond donors (Lipinski definition) is 7. The number of carbonyl (C=O) groups excluding carboxylic acids is 1. The van der Waals surface area contributed by atoms with Crippen molar-refractivity contribution in [3.63, 3.8) is 0 Å². The van der Waals surface area contributed by atoms with E-state index in [0.717, 1.165) is 35.9 Å². The van der Waals surface area contributed by atoms with Crippen LogP contribution in [0.4, 0.5) is 56.0 Å². The number of sulfone groups is 1. The van der Waals surface area contributed by atoms with Crippen LogP contribution >= 0.6 is 0 Å². The Morgan fingerprint density at radius 2 is 1.15 bits per heavy atom. The second kappa shape index (κ2) is 19.4. The number of amides is 2. The van der Waals surface area contributed by atoms with Crippen molar-refractivity contribution in [1.82, 2.24) is 0 Å². The molecule has 6 aromatic carbocycles. The van der Waals surface area contributed by atoms with Gasteiger partial charge < -0.3 is 26.4 Å². The maximum atomic E-state index is 12.5. The molecule has 0 saturated heterocycles. The standard InChI is InChI=1S/C39H32N10O14S3/c1-21-2-4-22(5-3-21)43-47-32-13-8-24(18-33(32)41-39(40)54)44-48-35-29(38(52)53)20-34(50)36(37(35)51)49-46-31-15-14-30(27-12-11-26(19-28(27)31)65(57,58)59)45-42-23-6-9-25(10-7-23)64(55,56)17-16-63-66(60,61)62/h2-15,18-20,50-51H,16-17H2,1H3,(H,52,53)(H3,40,41,54)(H,57,58,59)(H,60,61,62). The molecule has 24 nitrogen and oxygen atoms in total. The summed E-state index contributed by atoms with van der Waals surface area (Å²) in [6, 6.07) is 21.8. The molecule has 0 saturated carbocycles. The molecule has 0 bridgehead atoms. The van der Waals surface area contributed by atoms with Crippen molar-refractivity contribution in [1.29, 1.82) is 0 Å². The van der Waals surface area contributed by atoms with Gasteiger partial charge in [-0.05, 0) is 91.9 Å². The Bertz CT molecular complexity index is 3370. The number of aromatic hydroxyl groups is 2. The average molecular weight is 961 g/mol. The number of urea groups is 1. The highest BCUT2D eigenvalue weighted by molar-refractivity contribution is 7.91. The van der Waals surface area contributed by atoms with E-state index in [-0.39, 0.29) is 49.8 Å². The summed E-state index contributed by atoms with van der Waals surface area (Å²) < 4.78 is 93.4. The van der Waals surface area contributed by atoms with Gasteiger partial charge in [-0.1, -0.05) is 23.8 Å². The first kappa shape index (κ1) is 47.5. The van der Waals surface area contributed by atoms with Gasteiger partial charge in [0.05, 0.1) is 61.8 Å². The highest BCUT2D eigenvalue weighted by Crippen LogP contribution is 2.47. The number of benzene rings is 6. The molecule has 2 amide bonds. The van der Waals surface area contributed by atoms with E-state index in [0.29, 0.717) is 5.69 Å². The van der Waals surface area contributed by atoms with E-state index in [4.69, 9.17) is 10.3 Å². The van der Waals surface area contributed by atoms with Crippen molar-refractivity contribution in [2.24, 2.45) is 46.6 Å². The number of aromatic carboxylic acids is 1. The van der Waals surface area contributed by atoms with Crippen molar-refractivity contribution in [2.45, 2.75) is 16.7 Å². The second-order valence-electron chi connectivity index (χ2n) is 13.5. The first-order valence-corrected chi connectivity index (χ1v) is 22.8. The number of nitrogens with zero attached hydrogens (tertiary/aromatic N) is 8. The number of aryl methyl sites for hydroxylation is 1. The molecular weight excluding hydrogens is 929 g/mol. The topological polar surface area (TPSA) is 384 Å². The molecule has 8 N–H and O–H groups in total. The van der Waals surface area contributed by atoms with Gasteiger partial charge in [-0.3, -0.25) is 9.11 Å². The molecule has 0 unspecified atom stereocenters. The van der Waals surface area contributed by atoms with E-state index in [1.807, 2.05) is 19.1 Å². The molecule has 0 aliphatic heterocycles. The number of anilines is 1. The van der Waals surface area contributed by atoms with Crippen molar-refractivity contribution < 1.29 is 63.5 Å². The third-order valence-electron chi connectivity index (χ3n) is 8.82. The summed E-state index contributed by atoms with van der Waals surface area (Å²) in [5.41, 5.74) is 5.07. The zero-order chi connectivity index (χ0) is 48.0. The molecule has 0 spiro atoms. The fourth-order valence-corrected chi connectivity index (χ4v) is 7.66. The fraction of sp³-hybridized carbons (Fsp3) is 0.0769. The predicted octanol–water partition coefficient (Wildman–Crippen LogP) is 9.25. The summed E-state index contributed by atoms with van der Waals surface area (Å²) >= 11 is 0. The molecule has 27 heteroatoms. The second-order valence-corrected chi connectivity index (χ2v) is 18.1. The van der Waals surface area contributed by atoms with Crippen molar-refractivity contribution in [2.75, 3.05) is 17.7 Å². The number of rotatable bonds is 16. The molecule has 0 atom stereocenters. The Morgan fingerprint density at radius 1 is 0.621 bits per heavy atom. The van der Waals surface area contributed by atoms with Gasteiger partial charge in [-0.2, -0.15) is 32.2 Å². The molecule has 0 aliphatic carbocycles. The van der Waals surface area contributed by atoms with Gasteiger partial charge in [0.25, 0.3) is 10.1 Å². The van der Waals surface area contributed by atoms with Gasteiger partial charge in [0.2, 0.25) is 0 Å². The molecule has 6 aromatic rings. The maximum Gasteiger partial charge on any atom is 0.397 e. The summed E-state index contributed by atoms with van der Waals surface area (Å²) in [4.78, 5) is 23.2. The van der Waals surface area contributed by atoms with E-state index in [1.165, 1.54) is 48.5 Å².